The third-order valence-electron chi connectivity index (χ3n) is 4.29. The molecule has 2 N–H and O–H groups in total. The van der Waals surface area contributed by atoms with Crippen LogP contribution in [-0.2, 0) is 14.8 Å². The number of hydrogen-bond donors (Lipinski definition) is 2. The fourth-order valence-corrected chi connectivity index (χ4v) is 4.52. The van der Waals surface area contributed by atoms with Gasteiger partial charge < -0.3 is 9.84 Å². The zero-order chi connectivity index (χ0) is 18.9. The molecule has 0 bridgehead atoms. The molecule has 0 atom stereocenters. The first-order chi connectivity index (χ1) is 12.3. The SMILES string of the molecule is Cc1c(NS(=O)(=O)c2ccc(C(=O)O)cc2Cl)cnn1C1CCOCC1. The second-order valence-corrected chi connectivity index (χ2v) is 8.05. The van der Waals surface area contributed by atoms with Gasteiger partial charge in [-0.15, -0.1) is 0 Å². The van der Waals surface area contributed by atoms with Crippen molar-refractivity contribution < 1.29 is 23.1 Å². The summed E-state index contributed by atoms with van der Waals surface area (Å²) in [5.41, 5.74) is 0.964. The Morgan fingerprint density at radius 3 is 2.69 bits per heavy atom. The van der Waals surface area contributed by atoms with Crippen LogP contribution in [0, 0.1) is 6.92 Å². The summed E-state index contributed by atoms with van der Waals surface area (Å²) in [4.78, 5) is 10.8. The normalized spacial score (nSPS) is 15.8. The van der Waals surface area contributed by atoms with Crippen molar-refractivity contribution in [3.63, 3.8) is 0 Å². The molecule has 1 fully saturated rings. The molecule has 8 nitrogen and oxygen atoms in total. The molecule has 0 unspecified atom stereocenters. The number of nitrogens with zero attached hydrogens (tertiary/aromatic N) is 2. The Balaban J connectivity index is 1.86. The van der Waals surface area contributed by atoms with E-state index in [1.165, 1.54) is 18.3 Å². The average molecular weight is 400 g/mol. The van der Waals surface area contributed by atoms with Gasteiger partial charge in [-0.05, 0) is 38.0 Å². The highest BCUT2D eigenvalue weighted by atomic mass is 35.5. The van der Waals surface area contributed by atoms with E-state index in [1.807, 2.05) is 0 Å². The third kappa shape index (κ3) is 3.69. The first-order valence-electron chi connectivity index (χ1n) is 7.97. The highest BCUT2D eigenvalue weighted by molar-refractivity contribution is 7.92. The van der Waals surface area contributed by atoms with Gasteiger partial charge in [0, 0.05) is 13.2 Å². The molecule has 10 heteroatoms. The molecule has 26 heavy (non-hydrogen) atoms. The minimum absolute atomic E-state index is 0.0857. The summed E-state index contributed by atoms with van der Waals surface area (Å²) >= 11 is 5.97. The topological polar surface area (TPSA) is 111 Å². The molecule has 0 aliphatic carbocycles. The van der Waals surface area contributed by atoms with E-state index in [0.717, 1.165) is 18.9 Å². The van der Waals surface area contributed by atoms with Crippen LogP contribution < -0.4 is 4.72 Å². The molecule has 0 saturated carbocycles. The molecule has 3 rings (SSSR count). The Morgan fingerprint density at radius 2 is 2.08 bits per heavy atom. The fourth-order valence-electron chi connectivity index (χ4n) is 2.87. The van der Waals surface area contributed by atoms with Gasteiger partial charge in [-0.2, -0.15) is 5.10 Å². The highest BCUT2D eigenvalue weighted by Gasteiger charge is 2.24. The van der Waals surface area contributed by atoms with Gasteiger partial charge in [0.25, 0.3) is 10.0 Å². The van der Waals surface area contributed by atoms with Crippen LogP contribution in [0.5, 0.6) is 0 Å². The largest absolute Gasteiger partial charge is 0.478 e. The maximum absolute atomic E-state index is 12.6. The number of benzene rings is 1. The summed E-state index contributed by atoms with van der Waals surface area (Å²) < 4.78 is 34.9. The molecular weight excluding hydrogens is 382 g/mol. The number of aromatic nitrogens is 2. The van der Waals surface area contributed by atoms with E-state index in [2.05, 4.69) is 9.82 Å². The summed E-state index contributed by atoms with van der Waals surface area (Å²) in [6.45, 7) is 3.09. The molecule has 0 spiro atoms. The van der Waals surface area contributed by atoms with Gasteiger partial charge in [-0.25, -0.2) is 13.2 Å². The quantitative estimate of drug-likeness (QED) is 0.799. The molecule has 1 aromatic carbocycles. The van der Waals surface area contributed by atoms with Crippen molar-refractivity contribution >= 4 is 33.3 Å². The molecule has 2 aromatic rings. The minimum atomic E-state index is -3.98. The van der Waals surface area contributed by atoms with Crippen LogP contribution >= 0.6 is 11.6 Å². The number of sulfonamides is 1. The van der Waals surface area contributed by atoms with Crippen molar-refractivity contribution in [2.45, 2.75) is 30.7 Å². The predicted octanol–water partition coefficient (Wildman–Crippen LogP) is 2.70. The number of rotatable bonds is 5. The standard InChI is InChI=1S/C16H18ClN3O5S/c1-10-14(9-18-20(10)12-4-6-25-7-5-12)19-26(23,24)15-3-2-11(16(21)22)8-13(15)17/h2-3,8-9,12,19H,4-7H2,1H3,(H,21,22). The zero-order valence-corrected chi connectivity index (χ0v) is 15.5. The van der Waals surface area contributed by atoms with Crippen molar-refractivity contribution in [3.05, 3.63) is 40.7 Å². The van der Waals surface area contributed by atoms with Gasteiger partial charge >= 0.3 is 5.97 Å². The van der Waals surface area contributed by atoms with Crippen molar-refractivity contribution in [2.75, 3.05) is 17.9 Å². The predicted molar refractivity (Wildman–Crippen MR) is 95.3 cm³/mol. The number of aromatic carboxylic acids is 1. The van der Waals surface area contributed by atoms with Crippen LogP contribution in [0.3, 0.4) is 0 Å². The Morgan fingerprint density at radius 1 is 1.38 bits per heavy atom. The molecule has 1 saturated heterocycles. The van der Waals surface area contributed by atoms with Gasteiger partial charge in [0.05, 0.1) is 34.2 Å². The Hall–Kier alpha value is -2.10. The van der Waals surface area contributed by atoms with E-state index in [-0.39, 0.29) is 21.5 Å². The van der Waals surface area contributed by atoms with Gasteiger partial charge in [0.1, 0.15) is 4.90 Å². The lowest BCUT2D eigenvalue weighted by Gasteiger charge is -2.23. The fraction of sp³-hybridized carbons (Fsp3) is 0.375. The monoisotopic (exact) mass is 399 g/mol. The molecule has 0 amide bonds. The smallest absolute Gasteiger partial charge is 0.335 e. The number of carboxylic acid groups (broad SMARTS) is 1. The van der Waals surface area contributed by atoms with Gasteiger partial charge in [-0.1, -0.05) is 11.6 Å². The summed E-state index contributed by atoms with van der Waals surface area (Å²) in [5, 5.41) is 13.1. The molecule has 2 heterocycles. The Bertz CT molecular complexity index is 935. The maximum Gasteiger partial charge on any atom is 0.335 e. The number of halogens is 1. The minimum Gasteiger partial charge on any atom is -0.478 e. The van der Waals surface area contributed by atoms with E-state index in [1.54, 1.807) is 11.6 Å². The van der Waals surface area contributed by atoms with Crippen LogP contribution in [0.15, 0.2) is 29.3 Å². The second-order valence-electron chi connectivity index (χ2n) is 5.99. The summed E-state index contributed by atoms with van der Waals surface area (Å²) in [7, 11) is -3.98. The number of nitrogens with one attached hydrogen (secondary N) is 1. The van der Waals surface area contributed by atoms with Crippen molar-refractivity contribution in [1.82, 2.24) is 9.78 Å². The van der Waals surface area contributed by atoms with Crippen LogP contribution in [-0.4, -0.2) is 42.5 Å². The Labute approximate surface area is 155 Å². The first-order valence-corrected chi connectivity index (χ1v) is 9.83. The third-order valence-corrected chi connectivity index (χ3v) is 6.14. The van der Waals surface area contributed by atoms with Crippen LogP contribution in [0.25, 0.3) is 0 Å². The highest BCUT2D eigenvalue weighted by Crippen LogP contribution is 2.29. The van der Waals surface area contributed by atoms with Crippen LogP contribution in [0.1, 0.15) is 34.9 Å². The van der Waals surface area contributed by atoms with E-state index in [0.29, 0.717) is 24.6 Å². The number of carbonyl (C=O) groups is 1. The van der Waals surface area contributed by atoms with E-state index in [9.17, 15) is 13.2 Å². The molecule has 140 valence electrons. The summed E-state index contributed by atoms with van der Waals surface area (Å²) in [5.74, 6) is -1.18. The lowest BCUT2D eigenvalue weighted by Crippen LogP contribution is -2.21. The summed E-state index contributed by atoms with van der Waals surface area (Å²) in [6, 6.07) is 3.64. The van der Waals surface area contributed by atoms with E-state index in [4.69, 9.17) is 21.4 Å². The second kappa shape index (κ2) is 7.26. The average Bonchev–Trinajstić information content (AvgIpc) is 2.95. The molecule has 1 aliphatic rings. The number of ether oxygens (including phenoxy) is 1. The van der Waals surface area contributed by atoms with E-state index >= 15 is 0 Å². The Kier molecular flexibility index (Phi) is 5.22. The van der Waals surface area contributed by atoms with Crippen LogP contribution in [0.2, 0.25) is 5.02 Å². The van der Waals surface area contributed by atoms with Crippen LogP contribution in [0.4, 0.5) is 5.69 Å². The van der Waals surface area contributed by atoms with Crippen molar-refractivity contribution in [2.24, 2.45) is 0 Å². The first kappa shape index (κ1) is 18.7. The van der Waals surface area contributed by atoms with Gasteiger partial charge in [-0.3, -0.25) is 9.40 Å². The molecular formula is C16H18ClN3O5S. The van der Waals surface area contributed by atoms with Gasteiger partial charge in [0.15, 0.2) is 0 Å². The number of anilines is 1. The van der Waals surface area contributed by atoms with Crippen molar-refractivity contribution in [1.29, 1.82) is 0 Å². The lowest BCUT2D eigenvalue weighted by molar-refractivity contribution is 0.0657. The van der Waals surface area contributed by atoms with Crippen molar-refractivity contribution in [3.8, 4) is 0 Å². The maximum atomic E-state index is 12.6. The molecule has 0 radical (unpaired) electrons. The summed E-state index contributed by atoms with van der Waals surface area (Å²) in [6.07, 6.45) is 3.09. The van der Waals surface area contributed by atoms with E-state index < -0.39 is 16.0 Å². The lowest BCUT2D eigenvalue weighted by atomic mass is 10.1. The molecule has 1 aromatic heterocycles. The number of carboxylic acids is 1. The van der Waals surface area contributed by atoms with Gasteiger partial charge in [0.2, 0.25) is 0 Å². The number of hydrogen-bond acceptors (Lipinski definition) is 5. The zero-order valence-electron chi connectivity index (χ0n) is 14.0. The molecule has 1 aliphatic heterocycles.